The maximum atomic E-state index is 11.5. The Kier molecular flexibility index (Phi) is 5.63. The van der Waals surface area contributed by atoms with Gasteiger partial charge < -0.3 is 10.1 Å². The number of ether oxygens (including phenoxy) is 1. The maximum absolute atomic E-state index is 11.5. The van der Waals surface area contributed by atoms with E-state index in [0.29, 0.717) is 0 Å². The predicted molar refractivity (Wildman–Crippen MR) is 68.9 cm³/mol. The Morgan fingerprint density at radius 1 is 1.37 bits per heavy atom. The van der Waals surface area contributed by atoms with Crippen molar-refractivity contribution in [3.63, 3.8) is 0 Å². The summed E-state index contributed by atoms with van der Waals surface area (Å²) < 4.78 is 4.54. The summed E-state index contributed by atoms with van der Waals surface area (Å²) in [7, 11) is 0. The van der Waals surface area contributed by atoms with E-state index in [1.807, 2.05) is 11.4 Å². The molecular formula is C13H13N3O3. The van der Waals surface area contributed by atoms with Gasteiger partial charge in [-0.25, -0.2) is 4.79 Å². The van der Waals surface area contributed by atoms with E-state index in [-0.39, 0.29) is 12.2 Å². The molecule has 6 heteroatoms. The summed E-state index contributed by atoms with van der Waals surface area (Å²) in [6.45, 7) is 1.76. The standard InChI is InChI=1S/C13H13N3O3/c1-2-19-13(18)16-12(17)10(8-14)9-15-11-6-4-3-5-7-11/h3-7,9,15H,2H2,1H3,(H,16,17,18). The van der Waals surface area contributed by atoms with Crippen LogP contribution in [0, 0.1) is 11.3 Å². The van der Waals surface area contributed by atoms with Crippen LogP contribution >= 0.6 is 0 Å². The summed E-state index contributed by atoms with van der Waals surface area (Å²) in [5, 5.41) is 13.6. The van der Waals surface area contributed by atoms with E-state index < -0.39 is 12.0 Å². The van der Waals surface area contributed by atoms with Gasteiger partial charge in [-0.3, -0.25) is 10.1 Å². The third-order valence-corrected chi connectivity index (χ3v) is 2.01. The Labute approximate surface area is 110 Å². The lowest BCUT2D eigenvalue weighted by atomic mass is 10.3. The number of nitrogens with one attached hydrogen (secondary N) is 2. The Hall–Kier alpha value is -2.81. The topological polar surface area (TPSA) is 91.2 Å². The molecule has 0 atom stereocenters. The Bertz CT molecular complexity index is 518. The SMILES string of the molecule is CCOC(=O)NC(=O)C(C#N)=CNc1ccccc1. The van der Waals surface area contributed by atoms with Crippen LogP contribution in [0.2, 0.25) is 0 Å². The molecule has 0 unspecified atom stereocenters. The average molecular weight is 259 g/mol. The fourth-order valence-electron chi connectivity index (χ4n) is 1.17. The van der Waals surface area contributed by atoms with E-state index in [4.69, 9.17) is 5.26 Å². The monoisotopic (exact) mass is 259 g/mol. The first-order valence-corrected chi connectivity index (χ1v) is 5.57. The molecular weight excluding hydrogens is 246 g/mol. The number of benzene rings is 1. The molecule has 0 aliphatic heterocycles. The van der Waals surface area contributed by atoms with Gasteiger partial charge in [0.2, 0.25) is 0 Å². The van der Waals surface area contributed by atoms with Crippen LogP contribution < -0.4 is 10.6 Å². The average Bonchev–Trinajstić information content (AvgIpc) is 2.40. The number of nitriles is 1. The van der Waals surface area contributed by atoms with Gasteiger partial charge in [0.05, 0.1) is 6.61 Å². The van der Waals surface area contributed by atoms with Gasteiger partial charge >= 0.3 is 6.09 Å². The Morgan fingerprint density at radius 2 is 2.05 bits per heavy atom. The van der Waals surface area contributed by atoms with E-state index in [2.05, 4.69) is 10.1 Å². The van der Waals surface area contributed by atoms with Gasteiger partial charge in [-0.15, -0.1) is 0 Å². The summed E-state index contributed by atoms with van der Waals surface area (Å²) >= 11 is 0. The van der Waals surface area contributed by atoms with Crippen LogP contribution in [-0.2, 0) is 9.53 Å². The van der Waals surface area contributed by atoms with Crippen LogP contribution in [-0.4, -0.2) is 18.6 Å². The number of carbonyl (C=O) groups is 2. The molecule has 0 radical (unpaired) electrons. The van der Waals surface area contributed by atoms with Crippen LogP contribution in [0.5, 0.6) is 0 Å². The van der Waals surface area contributed by atoms with Gasteiger partial charge in [0.15, 0.2) is 0 Å². The van der Waals surface area contributed by atoms with Crippen LogP contribution in [0.4, 0.5) is 10.5 Å². The van der Waals surface area contributed by atoms with Crippen molar-refractivity contribution in [3.05, 3.63) is 42.1 Å². The van der Waals surface area contributed by atoms with E-state index in [9.17, 15) is 9.59 Å². The van der Waals surface area contributed by atoms with Crippen molar-refractivity contribution in [1.82, 2.24) is 5.32 Å². The fraction of sp³-hybridized carbons (Fsp3) is 0.154. The fourth-order valence-corrected chi connectivity index (χ4v) is 1.17. The third kappa shape index (κ3) is 4.91. The highest BCUT2D eigenvalue weighted by Crippen LogP contribution is 2.05. The zero-order valence-electron chi connectivity index (χ0n) is 10.3. The van der Waals surface area contributed by atoms with Crippen molar-refractivity contribution in [2.45, 2.75) is 6.92 Å². The first-order valence-electron chi connectivity index (χ1n) is 5.57. The van der Waals surface area contributed by atoms with Gasteiger partial charge in [-0.2, -0.15) is 5.26 Å². The van der Waals surface area contributed by atoms with Gasteiger partial charge in [0.1, 0.15) is 11.6 Å². The zero-order chi connectivity index (χ0) is 14.1. The highest BCUT2D eigenvalue weighted by molar-refractivity contribution is 6.05. The molecule has 0 aliphatic rings. The highest BCUT2D eigenvalue weighted by Gasteiger charge is 2.13. The lowest BCUT2D eigenvalue weighted by Crippen LogP contribution is -2.32. The summed E-state index contributed by atoms with van der Waals surface area (Å²) in [4.78, 5) is 22.6. The Balaban J connectivity index is 2.65. The predicted octanol–water partition coefficient (Wildman–Crippen LogP) is 1.78. The molecule has 0 heterocycles. The molecule has 0 bridgehead atoms. The third-order valence-electron chi connectivity index (χ3n) is 2.01. The zero-order valence-corrected chi connectivity index (χ0v) is 10.3. The molecule has 0 aromatic heterocycles. The first-order chi connectivity index (χ1) is 9.17. The van der Waals surface area contributed by atoms with E-state index >= 15 is 0 Å². The maximum Gasteiger partial charge on any atom is 0.414 e. The number of imide groups is 1. The molecule has 6 nitrogen and oxygen atoms in total. The number of amides is 2. The summed E-state index contributed by atoms with van der Waals surface area (Å²) in [5.74, 6) is -0.815. The largest absolute Gasteiger partial charge is 0.450 e. The smallest absolute Gasteiger partial charge is 0.414 e. The minimum absolute atomic E-state index is 0.146. The van der Waals surface area contributed by atoms with Crippen LogP contribution in [0.15, 0.2) is 42.1 Å². The molecule has 1 aromatic rings. The molecule has 98 valence electrons. The van der Waals surface area contributed by atoms with Gasteiger partial charge in [0.25, 0.3) is 5.91 Å². The molecule has 0 saturated heterocycles. The van der Waals surface area contributed by atoms with Crippen molar-refractivity contribution < 1.29 is 14.3 Å². The van der Waals surface area contributed by atoms with E-state index in [1.165, 1.54) is 6.20 Å². The molecule has 0 fully saturated rings. The number of alkyl carbamates (subject to hydrolysis) is 1. The minimum atomic E-state index is -0.881. The molecule has 2 amide bonds. The highest BCUT2D eigenvalue weighted by atomic mass is 16.5. The summed E-state index contributed by atoms with van der Waals surface area (Å²) in [6, 6.07) is 10.7. The van der Waals surface area contributed by atoms with Gasteiger partial charge in [-0.1, -0.05) is 18.2 Å². The number of anilines is 1. The number of nitrogens with zero attached hydrogens (tertiary/aromatic N) is 1. The number of rotatable bonds is 4. The summed E-state index contributed by atoms with van der Waals surface area (Å²) in [6.07, 6.45) is 0.345. The van der Waals surface area contributed by atoms with Crippen molar-refractivity contribution in [1.29, 1.82) is 5.26 Å². The summed E-state index contributed by atoms with van der Waals surface area (Å²) in [5.41, 5.74) is 0.496. The molecule has 1 aromatic carbocycles. The number of carbonyl (C=O) groups excluding carboxylic acids is 2. The molecule has 1 rings (SSSR count). The van der Waals surface area contributed by atoms with Crippen LogP contribution in [0.3, 0.4) is 0 Å². The van der Waals surface area contributed by atoms with Crippen molar-refractivity contribution >= 4 is 17.7 Å². The number of hydrogen-bond donors (Lipinski definition) is 2. The Morgan fingerprint density at radius 3 is 2.63 bits per heavy atom. The first kappa shape index (κ1) is 14.3. The van der Waals surface area contributed by atoms with Gasteiger partial charge in [-0.05, 0) is 19.1 Å². The molecule has 2 N–H and O–H groups in total. The second-order valence-electron chi connectivity index (χ2n) is 3.35. The van der Waals surface area contributed by atoms with Crippen LogP contribution in [0.25, 0.3) is 0 Å². The van der Waals surface area contributed by atoms with E-state index in [0.717, 1.165) is 5.69 Å². The minimum Gasteiger partial charge on any atom is -0.450 e. The lowest BCUT2D eigenvalue weighted by Gasteiger charge is -2.04. The van der Waals surface area contributed by atoms with Crippen molar-refractivity contribution in [3.8, 4) is 6.07 Å². The second kappa shape index (κ2) is 7.50. The van der Waals surface area contributed by atoms with Crippen molar-refractivity contribution in [2.75, 3.05) is 11.9 Å². The molecule has 0 spiro atoms. The van der Waals surface area contributed by atoms with Crippen LogP contribution in [0.1, 0.15) is 6.92 Å². The second-order valence-corrected chi connectivity index (χ2v) is 3.35. The quantitative estimate of drug-likeness (QED) is 0.635. The van der Waals surface area contributed by atoms with E-state index in [1.54, 1.807) is 37.3 Å². The number of hydrogen-bond acceptors (Lipinski definition) is 5. The lowest BCUT2D eigenvalue weighted by molar-refractivity contribution is -0.116. The van der Waals surface area contributed by atoms with Crippen molar-refractivity contribution in [2.24, 2.45) is 0 Å². The molecule has 0 aliphatic carbocycles. The van der Waals surface area contributed by atoms with Gasteiger partial charge in [0, 0.05) is 11.9 Å². The normalized spacial score (nSPS) is 10.2. The number of para-hydroxylation sites is 1. The molecule has 0 saturated carbocycles. The molecule has 19 heavy (non-hydrogen) atoms.